The van der Waals surface area contributed by atoms with Crippen LogP contribution in [0.1, 0.15) is 19.3 Å². The Balaban J connectivity index is 1.96. The Morgan fingerprint density at radius 3 is 2.75 bits per heavy atom. The summed E-state index contributed by atoms with van der Waals surface area (Å²) in [6.45, 7) is 2.43. The maximum absolute atomic E-state index is 12.9. The predicted molar refractivity (Wildman–Crippen MR) is 79.7 cm³/mol. The Morgan fingerprint density at radius 2 is 1.95 bits per heavy atom. The SMILES string of the molecule is O=S(=O)(C1CCOCC1)N1CCCNc2ccccc21. The molecule has 1 N–H and O–H groups in total. The van der Waals surface area contributed by atoms with E-state index in [-0.39, 0.29) is 5.25 Å². The van der Waals surface area contributed by atoms with Gasteiger partial charge in [-0.3, -0.25) is 4.31 Å². The number of ether oxygens (including phenoxy) is 1. The first-order chi connectivity index (χ1) is 9.69. The summed E-state index contributed by atoms with van der Waals surface area (Å²) in [7, 11) is -3.31. The van der Waals surface area contributed by atoms with Crippen LogP contribution in [0.5, 0.6) is 0 Å². The Kier molecular flexibility index (Phi) is 3.85. The molecule has 0 unspecified atom stereocenters. The van der Waals surface area contributed by atoms with Crippen molar-refractivity contribution in [3.05, 3.63) is 24.3 Å². The number of sulfonamides is 1. The monoisotopic (exact) mass is 296 g/mol. The summed E-state index contributed by atoms with van der Waals surface area (Å²) in [5.41, 5.74) is 1.68. The van der Waals surface area contributed by atoms with E-state index in [1.54, 1.807) is 4.31 Å². The van der Waals surface area contributed by atoms with Crippen LogP contribution in [0.4, 0.5) is 11.4 Å². The third-order valence-electron chi connectivity index (χ3n) is 3.92. The molecule has 6 heteroatoms. The van der Waals surface area contributed by atoms with Crippen LogP contribution < -0.4 is 9.62 Å². The lowest BCUT2D eigenvalue weighted by molar-refractivity contribution is 0.0983. The van der Waals surface area contributed by atoms with Crippen molar-refractivity contribution in [2.75, 3.05) is 35.9 Å². The van der Waals surface area contributed by atoms with Crippen molar-refractivity contribution in [3.63, 3.8) is 0 Å². The van der Waals surface area contributed by atoms with E-state index in [0.29, 0.717) is 32.6 Å². The first-order valence-electron chi connectivity index (χ1n) is 7.12. The van der Waals surface area contributed by atoms with Crippen LogP contribution in [-0.2, 0) is 14.8 Å². The Morgan fingerprint density at radius 1 is 1.20 bits per heavy atom. The van der Waals surface area contributed by atoms with Crippen molar-refractivity contribution in [1.82, 2.24) is 0 Å². The molecule has 0 atom stereocenters. The van der Waals surface area contributed by atoms with Crippen molar-refractivity contribution >= 4 is 21.4 Å². The molecule has 0 radical (unpaired) electrons. The number of hydrogen-bond acceptors (Lipinski definition) is 4. The predicted octanol–water partition coefficient (Wildman–Crippen LogP) is 1.82. The van der Waals surface area contributed by atoms with Crippen molar-refractivity contribution in [3.8, 4) is 0 Å². The summed E-state index contributed by atoms with van der Waals surface area (Å²) < 4.78 is 32.7. The molecule has 2 heterocycles. The van der Waals surface area contributed by atoms with Gasteiger partial charge < -0.3 is 10.1 Å². The van der Waals surface area contributed by atoms with Gasteiger partial charge in [0, 0.05) is 26.3 Å². The van der Waals surface area contributed by atoms with E-state index in [4.69, 9.17) is 4.74 Å². The van der Waals surface area contributed by atoms with Gasteiger partial charge in [-0.05, 0) is 31.4 Å². The maximum Gasteiger partial charge on any atom is 0.238 e. The number of nitrogens with zero attached hydrogens (tertiary/aromatic N) is 1. The molecular formula is C14H20N2O3S. The average molecular weight is 296 g/mol. The van der Waals surface area contributed by atoms with Crippen molar-refractivity contribution in [1.29, 1.82) is 0 Å². The molecule has 1 aromatic carbocycles. The van der Waals surface area contributed by atoms with Crippen molar-refractivity contribution in [2.24, 2.45) is 0 Å². The second-order valence-corrected chi connectivity index (χ2v) is 7.36. The molecule has 2 aliphatic heterocycles. The van der Waals surface area contributed by atoms with E-state index in [2.05, 4.69) is 5.32 Å². The van der Waals surface area contributed by atoms with Gasteiger partial charge in [-0.2, -0.15) is 0 Å². The van der Waals surface area contributed by atoms with Gasteiger partial charge >= 0.3 is 0 Å². The number of hydrogen-bond donors (Lipinski definition) is 1. The Hall–Kier alpha value is -1.27. The minimum absolute atomic E-state index is 0.317. The highest BCUT2D eigenvalue weighted by molar-refractivity contribution is 7.93. The molecule has 0 aromatic heterocycles. The van der Waals surface area contributed by atoms with Crippen LogP contribution in [0.25, 0.3) is 0 Å². The summed E-state index contributed by atoms with van der Waals surface area (Å²) in [5.74, 6) is 0. The second kappa shape index (κ2) is 5.61. The second-order valence-electron chi connectivity index (χ2n) is 5.23. The van der Waals surface area contributed by atoms with Crippen LogP contribution in [0.15, 0.2) is 24.3 Å². The number of fused-ring (bicyclic) bond motifs is 1. The lowest BCUT2D eigenvalue weighted by atomic mass is 10.2. The van der Waals surface area contributed by atoms with Gasteiger partial charge in [-0.1, -0.05) is 12.1 Å². The van der Waals surface area contributed by atoms with Gasteiger partial charge in [0.05, 0.1) is 16.6 Å². The first-order valence-corrected chi connectivity index (χ1v) is 8.62. The molecule has 20 heavy (non-hydrogen) atoms. The molecule has 2 aliphatic rings. The number of rotatable bonds is 2. The largest absolute Gasteiger partial charge is 0.383 e. The highest BCUT2D eigenvalue weighted by Gasteiger charge is 2.34. The molecule has 0 amide bonds. The van der Waals surface area contributed by atoms with E-state index in [1.807, 2.05) is 24.3 Å². The van der Waals surface area contributed by atoms with Crippen LogP contribution >= 0.6 is 0 Å². The number of para-hydroxylation sites is 2. The fourth-order valence-corrected chi connectivity index (χ4v) is 4.79. The van der Waals surface area contributed by atoms with E-state index in [0.717, 1.165) is 24.3 Å². The molecular weight excluding hydrogens is 276 g/mol. The van der Waals surface area contributed by atoms with Crippen molar-refractivity contribution < 1.29 is 13.2 Å². The van der Waals surface area contributed by atoms with E-state index >= 15 is 0 Å². The van der Waals surface area contributed by atoms with Gasteiger partial charge in [0.1, 0.15) is 0 Å². The quantitative estimate of drug-likeness (QED) is 0.904. The normalized spacial score (nSPS) is 20.9. The molecule has 1 saturated heterocycles. The summed E-state index contributed by atoms with van der Waals surface area (Å²) in [5, 5.41) is 2.98. The van der Waals surface area contributed by atoms with Crippen LogP contribution in [0.2, 0.25) is 0 Å². The topological polar surface area (TPSA) is 58.6 Å². The van der Waals surface area contributed by atoms with Gasteiger partial charge in [-0.15, -0.1) is 0 Å². The highest BCUT2D eigenvalue weighted by Crippen LogP contribution is 2.33. The van der Waals surface area contributed by atoms with Crippen LogP contribution in [-0.4, -0.2) is 40.0 Å². The van der Waals surface area contributed by atoms with E-state index in [1.165, 1.54) is 0 Å². The molecule has 5 nitrogen and oxygen atoms in total. The Labute approximate surface area is 120 Å². The first kappa shape index (κ1) is 13.7. The van der Waals surface area contributed by atoms with Crippen LogP contribution in [0, 0.1) is 0 Å². The molecule has 1 fully saturated rings. The van der Waals surface area contributed by atoms with Crippen molar-refractivity contribution in [2.45, 2.75) is 24.5 Å². The standard InChI is InChI=1S/C14H20N2O3S/c17-20(18,12-6-10-19-11-7-12)16-9-3-8-15-13-4-1-2-5-14(13)16/h1-2,4-5,12,15H,3,6-11H2. The molecule has 3 rings (SSSR count). The molecule has 0 spiro atoms. The van der Waals surface area contributed by atoms with E-state index < -0.39 is 10.0 Å². The lowest BCUT2D eigenvalue weighted by Gasteiger charge is -2.30. The van der Waals surface area contributed by atoms with Gasteiger partial charge in [0.15, 0.2) is 0 Å². The maximum atomic E-state index is 12.9. The summed E-state index contributed by atoms with van der Waals surface area (Å²) in [6.07, 6.45) is 2.00. The molecule has 0 bridgehead atoms. The van der Waals surface area contributed by atoms with Gasteiger partial charge in [-0.25, -0.2) is 8.42 Å². The van der Waals surface area contributed by atoms with Crippen LogP contribution in [0.3, 0.4) is 0 Å². The Bertz CT molecular complexity index is 568. The zero-order valence-electron chi connectivity index (χ0n) is 11.4. The zero-order valence-corrected chi connectivity index (χ0v) is 12.2. The average Bonchev–Trinajstić information content (AvgIpc) is 2.71. The third-order valence-corrected chi connectivity index (χ3v) is 6.23. The fourth-order valence-electron chi connectivity index (χ4n) is 2.82. The summed E-state index contributed by atoms with van der Waals surface area (Å²) >= 11 is 0. The van der Waals surface area contributed by atoms with E-state index in [9.17, 15) is 8.42 Å². The molecule has 1 aromatic rings. The molecule has 110 valence electrons. The summed E-state index contributed by atoms with van der Waals surface area (Å²) in [4.78, 5) is 0. The number of anilines is 2. The number of nitrogens with one attached hydrogen (secondary N) is 1. The zero-order chi connectivity index (χ0) is 14.0. The minimum atomic E-state index is -3.31. The third kappa shape index (κ3) is 2.50. The highest BCUT2D eigenvalue weighted by atomic mass is 32.2. The lowest BCUT2D eigenvalue weighted by Crippen LogP contribution is -2.41. The van der Waals surface area contributed by atoms with Gasteiger partial charge in [0.25, 0.3) is 0 Å². The minimum Gasteiger partial charge on any atom is -0.383 e. The fraction of sp³-hybridized carbons (Fsp3) is 0.571. The number of benzene rings is 1. The smallest absolute Gasteiger partial charge is 0.238 e. The molecule has 0 saturated carbocycles. The molecule has 0 aliphatic carbocycles. The summed E-state index contributed by atoms with van der Waals surface area (Å²) in [6, 6.07) is 7.63. The van der Waals surface area contributed by atoms with Gasteiger partial charge in [0.2, 0.25) is 10.0 Å².